The topological polar surface area (TPSA) is 78.4 Å². The minimum absolute atomic E-state index is 0.158. The number of halogens is 1. The van der Waals surface area contributed by atoms with E-state index in [1.54, 1.807) is 20.3 Å². The minimum Gasteiger partial charge on any atom is -0.393 e. The van der Waals surface area contributed by atoms with Crippen LogP contribution in [0.3, 0.4) is 0 Å². The summed E-state index contributed by atoms with van der Waals surface area (Å²) in [7, 11) is 3.40. The Morgan fingerprint density at radius 1 is 1.40 bits per heavy atom. The van der Waals surface area contributed by atoms with Crippen molar-refractivity contribution in [2.24, 2.45) is 0 Å². The number of carbonyl (C=O) groups is 1. The SMILES string of the molecule is CN(C)C(=O)c1nc(I)cnc1NC1CCC(O)CC1. The highest BCUT2D eigenvalue weighted by molar-refractivity contribution is 14.1. The highest BCUT2D eigenvalue weighted by Crippen LogP contribution is 2.23. The number of nitrogens with zero attached hydrogens (tertiary/aromatic N) is 3. The molecule has 0 saturated heterocycles. The van der Waals surface area contributed by atoms with E-state index in [9.17, 15) is 9.90 Å². The number of hydrogen-bond acceptors (Lipinski definition) is 5. The molecule has 6 nitrogen and oxygen atoms in total. The molecule has 7 heteroatoms. The zero-order valence-corrected chi connectivity index (χ0v) is 13.8. The van der Waals surface area contributed by atoms with Gasteiger partial charge in [0.15, 0.2) is 11.5 Å². The van der Waals surface area contributed by atoms with Gasteiger partial charge in [0.1, 0.15) is 3.70 Å². The number of nitrogens with one attached hydrogen (secondary N) is 1. The summed E-state index contributed by atoms with van der Waals surface area (Å²) in [6, 6.07) is 0.237. The molecule has 1 aliphatic carbocycles. The summed E-state index contributed by atoms with van der Waals surface area (Å²) in [5.41, 5.74) is 0.355. The molecule has 1 aliphatic rings. The highest BCUT2D eigenvalue weighted by atomic mass is 127. The maximum Gasteiger partial charge on any atom is 0.275 e. The fraction of sp³-hybridized carbons (Fsp3) is 0.615. The molecule has 110 valence electrons. The van der Waals surface area contributed by atoms with E-state index in [1.165, 1.54) is 4.90 Å². The number of rotatable bonds is 3. The summed E-state index contributed by atoms with van der Waals surface area (Å²) < 4.78 is 0.692. The van der Waals surface area contributed by atoms with Gasteiger partial charge in [-0.1, -0.05) is 0 Å². The molecule has 0 radical (unpaired) electrons. The Kier molecular flexibility index (Phi) is 5.14. The van der Waals surface area contributed by atoms with Gasteiger partial charge >= 0.3 is 0 Å². The molecule has 2 N–H and O–H groups in total. The first kappa shape index (κ1) is 15.4. The molecule has 0 spiro atoms. The third-order valence-electron chi connectivity index (χ3n) is 3.39. The van der Waals surface area contributed by atoms with Crippen molar-refractivity contribution >= 4 is 34.3 Å². The fourth-order valence-corrected chi connectivity index (χ4v) is 2.63. The molecule has 0 atom stereocenters. The summed E-state index contributed by atoms with van der Waals surface area (Å²) in [4.78, 5) is 22.2. The summed E-state index contributed by atoms with van der Waals surface area (Å²) >= 11 is 2.05. The molecule has 1 saturated carbocycles. The lowest BCUT2D eigenvalue weighted by molar-refractivity contribution is 0.0822. The van der Waals surface area contributed by atoms with Crippen LogP contribution in [0.2, 0.25) is 0 Å². The number of aliphatic hydroxyl groups excluding tert-OH is 1. The van der Waals surface area contributed by atoms with Crippen LogP contribution in [0, 0.1) is 3.70 Å². The van der Waals surface area contributed by atoms with Gasteiger partial charge in [0.2, 0.25) is 0 Å². The average molecular weight is 390 g/mol. The van der Waals surface area contributed by atoms with Crippen LogP contribution in [0.5, 0.6) is 0 Å². The lowest BCUT2D eigenvalue weighted by atomic mass is 9.93. The van der Waals surface area contributed by atoms with Gasteiger partial charge in [0.25, 0.3) is 5.91 Å². The molecule has 20 heavy (non-hydrogen) atoms. The smallest absolute Gasteiger partial charge is 0.275 e. The first-order chi connectivity index (χ1) is 9.47. The van der Waals surface area contributed by atoms with Crippen LogP contribution in [0.1, 0.15) is 36.2 Å². The first-order valence-corrected chi connectivity index (χ1v) is 7.74. The summed E-state index contributed by atoms with van der Waals surface area (Å²) in [6.07, 6.45) is 4.78. The molecule has 0 aliphatic heterocycles. The van der Waals surface area contributed by atoms with Crippen LogP contribution in [0.4, 0.5) is 5.82 Å². The predicted octanol–water partition coefficient (Wildman–Crippen LogP) is 1.50. The van der Waals surface area contributed by atoms with Crippen LogP contribution < -0.4 is 5.32 Å². The van der Waals surface area contributed by atoms with Crippen molar-refractivity contribution < 1.29 is 9.90 Å². The molecular weight excluding hydrogens is 371 g/mol. The Bertz CT molecular complexity index is 487. The van der Waals surface area contributed by atoms with Crippen LogP contribution in [-0.2, 0) is 0 Å². The lowest BCUT2D eigenvalue weighted by Crippen LogP contribution is -2.31. The maximum atomic E-state index is 12.2. The maximum absolute atomic E-state index is 12.2. The molecular formula is C13H19IN4O2. The molecule has 2 rings (SSSR count). The van der Waals surface area contributed by atoms with E-state index in [0.717, 1.165) is 25.7 Å². The number of aromatic nitrogens is 2. The third-order valence-corrected chi connectivity index (χ3v) is 3.91. The lowest BCUT2D eigenvalue weighted by Gasteiger charge is -2.27. The van der Waals surface area contributed by atoms with E-state index < -0.39 is 0 Å². The van der Waals surface area contributed by atoms with Gasteiger partial charge in [0.05, 0.1) is 12.3 Å². The van der Waals surface area contributed by atoms with E-state index in [2.05, 4.69) is 15.3 Å². The van der Waals surface area contributed by atoms with Crippen LogP contribution in [0.25, 0.3) is 0 Å². The highest BCUT2D eigenvalue weighted by Gasteiger charge is 2.23. The van der Waals surface area contributed by atoms with Crippen molar-refractivity contribution in [3.63, 3.8) is 0 Å². The Morgan fingerprint density at radius 2 is 2.05 bits per heavy atom. The number of carbonyl (C=O) groups excluding carboxylic acids is 1. The number of amides is 1. The van der Waals surface area contributed by atoms with Crippen molar-refractivity contribution in [3.05, 3.63) is 15.6 Å². The Hall–Kier alpha value is -0.960. The molecule has 1 amide bonds. The summed E-state index contributed by atoms with van der Waals surface area (Å²) in [6.45, 7) is 0. The van der Waals surface area contributed by atoms with Gasteiger partial charge < -0.3 is 15.3 Å². The second kappa shape index (κ2) is 6.66. The van der Waals surface area contributed by atoms with Crippen LogP contribution in [0.15, 0.2) is 6.20 Å². The second-order valence-electron chi connectivity index (χ2n) is 5.24. The number of aliphatic hydroxyl groups is 1. The van der Waals surface area contributed by atoms with Gasteiger partial charge in [-0.25, -0.2) is 9.97 Å². The zero-order valence-electron chi connectivity index (χ0n) is 11.6. The van der Waals surface area contributed by atoms with E-state index in [1.807, 2.05) is 22.6 Å². The van der Waals surface area contributed by atoms with Gasteiger partial charge in [-0.2, -0.15) is 0 Å². The Labute approximate surface area is 132 Å². The minimum atomic E-state index is -0.196. The van der Waals surface area contributed by atoms with Crippen molar-refractivity contribution in [3.8, 4) is 0 Å². The van der Waals surface area contributed by atoms with Crippen molar-refractivity contribution in [2.75, 3.05) is 19.4 Å². The molecule has 0 aromatic carbocycles. The molecule has 1 aromatic rings. The van der Waals surface area contributed by atoms with E-state index in [-0.39, 0.29) is 18.1 Å². The van der Waals surface area contributed by atoms with Crippen LogP contribution >= 0.6 is 22.6 Å². The van der Waals surface area contributed by atoms with E-state index in [4.69, 9.17) is 0 Å². The van der Waals surface area contributed by atoms with E-state index in [0.29, 0.717) is 15.2 Å². The van der Waals surface area contributed by atoms with Crippen molar-refractivity contribution in [2.45, 2.75) is 37.8 Å². The van der Waals surface area contributed by atoms with Gasteiger partial charge in [-0.15, -0.1) is 0 Å². The molecule has 0 bridgehead atoms. The first-order valence-electron chi connectivity index (χ1n) is 6.66. The van der Waals surface area contributed by atoms with Gasteiger partial charge in [0, 0.05) is 20.1 Å². The fourth-order valence-electron chi connectivity index (χ4n) is 2.25. The predicted molar refractivity (Wildman–Crippen MR) is 84.7 cm³/mol. The summed E-state index contributed by atoms with van der Waals surface area (Å²) in [5.74, 6) is 0.375. The molecule has 1 aromatic heterocycles. The van der Waals surface area contributed by atoms with Gasteiger partial charge in [-0.3, -0.25) is 4.79 Å². The molecule has 0 unspecified atom stereocenters. The number of anilines is 1. The standard InChI is InChI=1S/C13H19IN4O2/c1-18(2)13(20)11-12(15-7-10(14)17-11)16-8-3-5-9(19)6-4-8/h7-9,19H,3-6H2,1-2H3,(H,15,16). The quantitative estimate of drug-likeness (QED) is 0.765. The summed E-state index contributed by atoms with van der Waals surface area (Å²) in [5, 5.41) is 12.8. The van der Waals surface area contributed by atoms with Crippen LogP contribution in [-0.4, -0.2) is 52.1 Å². The normalized spacial score (nSPS) is 22.4. The monoisotopic (exact) mass is 390 g/mol. The van der Waals surface area contributed by atoms with E-state index >= 15 is 0 Å². The Morgan fingerprint density at radius 3 is 2.65 bits per heavy atom. The third kappa shape index (κ3) is 3.78. The average Bonchev–Trinajstić information content (AvgIpc) is 2.42. The van der Waals surface area contributed by atoms with Gasteiger partial charge in [-0.05, 0) is 48.3 Å². The molecule has 1 heterocycles. The largest absolute Gasteiger partial charge is 0.393 e. The zero-order chi connectivity index (χ0) is 14.7. The second-order valence-corrected chi connectivity index (χ2v) is 6.34. The molecule has 1 fully saturated rings. The van der Waals surface area contributed by atoms with Crippen molar-refractivity contribution in [1.29, 1.82) is 0 Å². The van der Waals surface area contributed by atoms with Crippen molar-refractivity contribution in [1.82, 2.24) is 14.9 Å². The Balaban J connectivity index is 2.16. The number of hydrogen-bond donors (Lipinski definition) is 2.